The number of benzene rings is 1. The fourth-order valence-corrected chi connectivity index (χ4v) is 3.34. The first kappa shape index (κ1) is 15.7. The molecular formula is C19H23NS. The number of hydrogen-bond donors (Lipinski definition) is 0. The van der Waals surface area contributed by atoms with Gasteiger partial charge in [0.15, 0.2) is 0 Å². The highest BCUT2D eigenvalue weighted by Gasteiger charge is 2.24. The Kier molecular flexibility index (Phi) is 4.79. The van der Waals surface area contributed by atoms with Crippen molar-refractivity contribution in [2.75, 3.05) is 19.0 Å². The third kappa shape index (κ3) is 3.92. The zero-order chi connectivity index (χ0) is 15.5. The van der Waals surface area contributed by atoms with Crippen LogP contribution in [-0.4, -0.2) is 14.1 Å². The minimum atomic E-state index is 0.111. The van der Waals surface area contributed by atoms with Gasteiger partial charge in [-0.05, 0) is 28.7 Å². The van der Waals surface area contributed by atoms with Crippen molar-refractivity contribution in [3.63, 3.8) is 0 Å². The lowest BCUT2D eigenvalue weighted by Crippen LogP contribution is -2.08. The highest BCUT2D eigenvalue weighted by molar-refractivity contribution is 8.06. The van der Waals surface area contributed by atoms with Crippen molar-refractivity contribution in [1.29, 1.82) is 0 Å². The zero-order valence-corrected chi connectivity index (χ0v) is 14.1. The molecule has 0 N–H and O–H groups in total. The Morgan fingerprint density at radius 3 is 2.33 bits per heavy atom. The van der Waals surface area contributed by atoms with Crippen LogP contribution < -0.4 is 4.90 Å². The second-order valence-electron chi connectivity index (χ2n) is 6.01. The lowest BCUT2D eigenvalue weighted by molar-refractivity contribution is 0.636. The van der Waals surface area contributed by atoms with Gasteiger partial charge in [-0.15, -0.1) is 0 Å². The predicted octanol–water partition coefficient (Wildman–Crippen LogP) is 5.49. The summed E-state index contributed by atoms with van der Waals surface area (Å²) >= 11 is 1.75. The second kappa shape index (κ2) is 6.40. The van der Waals surface area contributed by atoms with Crippen LogP contribution in [0.5, 0.6) is 0 Å². The van der Waals surface area contributed by atoms with Crippen molar-refractivity contribution >= 4 is 23.0 Å². The molecule has 0 radical (unpaired) electrons. The first-order chi connectivity index (χ1) is 9.93. The standard InChI is InChI=1S/C19H23NS/c1-6-7-12-21-18-14-19(2,3)13-17(18)15-8-10-16(11-9-15)20(4)5/h6-14H,1H2,2-5H3/b12-7-. The van der Waals surface area contributed by atoms with Gasteiger partial charge in [0.2, 0.25) is 0 Å². The van der Waals surface area contributed by atoms with Gasteiger partial charge in [-0.1, -0.05) is 68.6 Å². The van der Waals surface area contributed by atoms with Crippen molar-refractivity contribution < 1.29 is 0 Å². The monoisotopic (exact) mass is 297 g/mol. The van der Waals surface area contributed by atoms with Crippen molar-refractivity contribution in [2.24, 2.45) is 5.41 Å². The van der Waals surface area contributed by atoms with Gasteiger partial charge >= 0.3 is 0 Å². The molecule has 2 heteroatoms. The number of anilines is 1. The molecule has 0 fully saturated rings. The number of thioether (sulfide) groups is 1. The quantitative estimate of drug-likeness (QED) is 0.661. The highest BCUT2D eigenvalue weighted by atomic mass is 32.2. The van der Waals surface area contributed by atoms with Crippen LogP contribution in [0.2, 0.25) is 0 Å². The Balaban J connectivity index is 2.29. The van der Waals surface area contributed by atoms with E-state index in [0.29, 0.717) is 0 Å². The van der Waals surface area contributed by atoms with E-state index in [2.05, 4.69) is 81.2 Å². The average molecular weight is 297 g/mol. The minimum absolute atomic E-state index is 0.111. The molecule has 2 rings (SSSR count). The van der Waals surface area contributed by atoms with E-state index in [-0.39, 0.29) is 5.41 Å². The van der Waals surface area contributed by atoms with Crippen molar-refractivity contribution in [2.45, 2.75) is 13.8 Å². The minimum Gasteiger partial charge on any atom is -0.378 e. The Bertz CT molecular complexity index is 601. The van der Waals surface area contributed by atoms with E-state index in [4.69, 9.17) is 0 Å². The Morgan fingerprint density at radius 1 is 1.10 bits per heavy atom. The second-order valence-corrected chi connectivity index (χ2v) is 6.96. The molecule has 0 saturated heterocycles. The SMILES string of the molecule is C=C/C=C\SC1=CC(C)(C)C=C1c1ccc(N(C)C)cc1. The maximum Gasteiger partial charge on any atom is 0.0361 e. The number of nitrogens with zero attached hydrogens (tertiary/aromatic N) is 1. The van der Waals surface area contributed by atoms with E-state index in [0.717, 1.165) is 0 Å². The normalized spacial score (nSPS) is 16.8. The molecule has 0 amide bonds. The molecule has 1 nitrogen and oxygen atoms in total. The number of allylic oxidation sites excluding steroid dienone is 5. The molecule has 1 aromatic carbocycles. The topological polar surface area (TPSA) is 3.24 Å². The molecule has 0 aromatic heterocycles. The summed E-state index contributed by atoms with van der Waals surface area (Å²) < 4.78 is 0. The lowest BCUT2D eigenvalue weighted by atomic mass is 9.95. The number of rotatable bonds is 5. The van der Waals surface area contributed by atoms with Gasteiger partial charge in [-0.25, -0.2) is 0 Å². The summed E-state index contributed by atoms with van der Waals surface area (Å²) in [6.45, 7) is 8.20. The summed E-state index contributed by atoms with van der Waals surface area (Å²) in [5, 5.41) is 2.09. The van der Waals surface area contributed by atoms with E-state index in [1.807, 2.05) is 12.2 Å². The average Bonchev–Trinajstić information content (AvgIpc) is 2.74. The van der Waals surface area contributed by atoms with Gasteiger partial charge in [0.1, 0.15) is 0 Å². The molecule has 1 aliphatic rings. The van der Waals surface area contributed by atoms with Crippen LogP contribution in [-0.2, 0) is 0 Å². The summed E-state index contributed by atoms with van der Waals surface area (Å²) in [6, 6.07) is 8.75. The fraction of sp³-hybridized carbons (Fsp3) is 0.263. The van der Waals surface area contributed by atoms with Crippen molar-refractivity contribution in [3.05, 3.63) is 71.0 Å². The molecule has 0 bridgehead atoms. The van der Waals surface area contributed by atoms with E-state index < -0.39 is 0 Å². The van der Waals surface area contributed by atoms with Crippen LogP contribution in [0.1, 0.15) is 19.4 Å². The van der Waals surface area contributed by atoms with Gasteiger partial charge in [0.05, 0.1) is 0 Å². The van der Waals surface area contributed by atoms with Gasteiger partial charge < -0.3 is 4.90 Å². The van der Waals surface area contributed by atoms with Gasteiger partial charge in [-0.2, -0.15) is 0 Å². The summed E-state index contributed by atoms with van der Waals surface area (Å²) in [6.07, 6.45) is 8.47. The van der Waals surface area contributed by atoms with Crippen molar-refractivity contribution in [3.8, 4) is 0 Å². The maximum atomic E-state index is 3.72. The molecule has 1 aromatic rings. The Hall–Kier alpha value is -1.67. The van der Waals surface area contributed by atoms with Crippen LogP contribution in [0.25, 0.3) is 5.57 Å². The summed E-state index contributed by atoms with van der Waals surface area (Å²) in [5.41, 5.74) is 3.93. The molecule has 0 aliphatic heterocycles. The third-order valence-corrected chi connectivity index (χ3v) is 4.27. The molecule has 21 heavy (non-hydrogen) atoms. The Labute approximate surface area is 132 Å². The van der Waals surface area contributed by atoms with E-state index >= 15 is 0 Å². The molecule has 0 atom stereocenters. The fourth-order valence-electron chi connectivity index (χ4n) is 2.33. The zero-order valence-electron chi connectivity index (χ0n) is 13.3. The van der Waals surface area contributed by atoms with Gasteiger partial charge in [0.25, 0.3) is 0 Å². The first-order valence-corrected chi connectivity index (χ1v) is 7.99. The molecule has 110 valence electrons. The van der Waals surface area contributed by atoms with Crippen LogP contribution in [0.15, 0.2) is 65.5 Å². The lowest BCUT2D eigenvalue weighted by Gasteiger charge is -2.14. The molecule has 0 heterocycles. The smallest absolute Gasteiger partial charge is 0.0361 e. The molecule has 0 saturated carbocycles. The van der Waals surface area contributed by atoms with Crippen LogP contribution in [0, 0.1) is 5.41 Å². The van der Waals surface area contributed by atoms with Crippen LogP contribution in [0.3, 0.4) is 0 Å². The van der Waals surface area contributed by atoms with Crippen LogP contribution in [0.4, 0.5) is 5.69 Å². The first-order valence-electron chi connectivity index (χ1n) is 7.11. The van der Waals surface area contributed by atoms with Crippen LogP contribution >= 0.6 is 11.8 Å². The van der Waals surface area contributed by atoms with E-state index in [9.17, 15) is 0 Å². The van der Waals surface area contributed by atoms with Crippen molar-refractivity contribution in [1.82, 2.24) is 0 Å². The molecule has 1 aliphatic carbocycles. The highest BCUT2D eigenvalue weighted by Crippen LogP contribution is 2.44. The molecule has 0 unspecified atom stereocenters. The largest absolute Gasteiger partial charge is 0.378 e. The summed E-state index contributed by atoms with van der Waals surface area (Å²) in [5.74, 6) is 0. The molecule has 0 spiro atoms. The summed E-state index contributed by atoms with van der Waals surface area (Å²) in [7, 11) is 4.13. The predicted molar refractivity (Wildman–Crippen MR) is 97.5 cm³/mol. The molecular weight excluding hydrogens is 274 g/mol. The van der Waals surface area contributed by atoms with E-state index in [1.165, 1.54) is 21.7 Å². The van der Waals surface area contributed by atoms with Gasteiger partial charge in [0, 0.05) is 30.1 Å². The van der Waals surface area contributed by atoms with E-state index in [1.54, 1.807) is 11.8 Å². The third-order valence-electron chi connectivity index (χ3n) is 3.39. The number of hydrogen-bond acceptors (Lipinski definition) is 2. The maximum absolute atomic E-state index is 3.72. The van der Waals surface area contributed by atoms with Gasteiger partial charge in [-0.3, -0.25) is 0 Å². The summed E-state index contributed by atoms with van der Waals surface area (Å²) in [4.78, 5) is 3.44. The Morgan fingerprint density at radius 2 is 1.76 bits per heavy atom.